The van der Waals surface area contributed by atoms with Crippen molar-refractivity contribution in [3.8, 4) is 0 Å². The van der Waals surface area contributed by atoms with Crippen LogP contribution in [0, 0.1) is 0 Å². The summed E-state index contributed by atoms with van der Waals surface area (Å²) >= 11 is 0. The Hall–Kier alpha value is -1.79. The zero-order valence-corrected chi connectivity index (χ0v) is 7.80. The van der Waals surface area contributed by atoms with Gasteiger partial charge in [-0.25, -0.2) is 9.59 Å². The lowest BCUT2D eigenvalue weighted by Gasteiger charge is -2.00. The fourth-order valence-electron chi connectivity index (χ4n) is 0.143. The number of aliphatic carboxylic acids is 1. The third-order valence-electron chi connectivity index (χ3n) is 0.787. The van der Waals surface area contributed by atoms with Crippen molar-refractivity contribution in [2.45, 2.75) is 13.1 Å². The van der Waals surface area contributed by atoms with Crippen LogP contribution < -0.4 is 0 Å². The van der Waals surface area contributed by atoms with Crippen LogP contribution in [0.1, 0.15) is 6.92 Å². The molecular formula is C8H9F3O4. The van der Waals surface area contributed by atoms with E-state index in [4.69, 9.17) is 5.11 Å². The second-order valence-corrected chi connectivity index (χ2v) is 2.16. The van der Waals surface area contributed by atoms with Crippen LogP contribution in [0.5, 0.6) is 0 Å². The average molecular weight is 226 g/mol. The van der Waals surface area contributed by atoms with Crippen LogP contribution in [0.15, 0.2) is 25.0 Å². The Morgan fingerprint density at radius 3 is 1.80 bits per heavy atom. The van der Waals surface area contributed by atoms with Gasteiger partial charge in [-0.1, -0.05) is 13.2 Å². The molecule has 0 rings (SSSR count). The molecule has 0 saturated heterocycles. The summed E-state index contributed by atoms with van der Waals surface area (Å²) in [5, 5.41) is 7.89. The number of carbonyl (C=O) groups excluding carboxylic acids is 1. The van der Waals surface area contributed by atoms with Crippen molar-refractivity contribution in [3.63, 3.8) is 0 Å². The molecule has 0 aliphatic rings. The lowest BCUT2D eigenvalue weighted by molar-refractivity contribution is -0.193. The molecule has 0 fully saturated rings. The SMILES string of the molecule is C=C(C)C(=O)O.C=COC(=O)C(F)(F)F. The number of alkyl halides is 3. The molecule has 0 unspecified atom stereocenters. The number of rotatable bonds is 2. The van der Waals surface area contributed by atoms with Gasteiger partial charge in [0.2, 0.25) is 0 Å². The third-order valence-corrected chi connectivity index (χ3v) is 0.787. The Balaban J connectivity index is 0. The number of hydrogen-bond donors (Lipinski definition) is 1. The molecule has 0 saturated carbocycles. The Morgan fingerprint density at radius 2 is 1.73 bits per heavy atom. The fourth-order valence-corrected chi connectivity index (χ4v) is 0.143. The van der Waals surface area contributed by atoms with Gasteiger partial charge in [0.25, 0.3) is 0 Å². The number of halogens is 3. The van der Waals surface area contributed by atoms with Gasteiger partial charge >= 0.3 is 18.1 Å². The van der Waals surface area contributed by atoms with E-state index in [1.807, 2.05) is 0 Å². The maximum Gasteiger partial charge on any atom is 0.491 e. The number of ether oxygens (including phenoxy) is 1. The molecule has 0 aromatic heterocycles. The lowest BCUT2D eigenvalue weighted by atomic mass is 10.4. The maximum atomic E-state index is 11.1. The molecule has 7 heteroatoms. The van der Waals surface area contributed by atoms with Crippen molar-refractivity contribution in [3.05, 3.63) is 25.0 Å². The highest BCUT2D eigenvalue weighted by Crippen LogP contribution is 2.15. The van der Waals surface area contributed by atoms with Crippen molar-refractivity contribution in [2.75, 3.05) is 0 Å². The highest BCUT2D eigenvalue weighted by Gasteiger charge is 2.40. The van der Waals surface area contributed by atoms with E-state index >= 15 is 0 Å². The summed E-state index contributed by atoms with van der Waals surface area (Å²) < 4.78 is 36.7. The molecule has 0 atom stereocenters. The summed E-state index contributed by atoms with van der Waals surface area (Å²) in [5.41, 5.74) is 0.176. The standard InChI is InChI=1S/C4H3F3O2.C4H6O2/c1-2-9-3(8)4(5,6)7;1-3(2)4(5)6/h2H,1H2;1H2,2H3,(H,5,6). The highest BCUT2D eigenvalue weighted by atomic mass is 19.4. The molecule has 0 aromatic carbocycles. The lowest BCUT2D eigenvalue weighted by Crippen LogP contribution is -2.23. The van der Waals surface area contributed by atoms with E-state index in [-0.39, 0.29) is 5.57 Å². The summed E-state index contributed by atoms with van der Waals surface area (Å²) in [6.45, 7) is 7.37. The monoisotopic (exact) mass is 226 g/mol. The van der Waals surface area contributed by atoms with Crippen LogP contribution in [-0.4, -0.2) is 23.2 Å². The quantitative estimate of drug-likeness (QED) is 0.443. The minimum atomic E-state index is -4.92. The van der Waals surface area contributed by atoms with Gasteiger partial charge in [0.1, 0.15) is 0 Å². The molecule has 0 aromatic rings. The summed E-state index contributed by atoms with van der Waals surface area (Å²) in [6.07, 6.45) is -4.50. The largest absolute Gasteiger partial charge is 0.491 e. The maximum absolute atomic E-state index is 11.1. The van der Waals surface area contributed by atoms with Gasteiger partial charge in [-0.3, -0.25) is 0 Å². The molecule has 0 bridgehead atoms. The molecule has 0 aliphatic heterocycles. The molecule has 0 amide bonds. The van der Waals surface area contributed by atoms with Crippen LogP contribution in [0.25, 0.3) is 0 Å². The average Bonchev–Trinajstić information content (AvgIpc) is 2.03. The predicted octanol–water partition coefficient (Wildman–Crippen LogP) is 1.88. The van der Waals surface area contributed by atoms with Crippen molar-refractivity contribution < 1.29 is 32.6 Å². The van der Waals surface area contributed by atoms with E-state index in [9.17, 15) is 22.8 Å². The Morgan fingerprint density at radius 1 is 1.40 bits per heavy atom. The molecule has 1 N–H and O–H groups in total. The summed E-state index contributed by atoms with van der Waals surface area (Å²) in [6, 6.07) is 0. The van der Waals surface area contributed by atoms with Gasteiger partial charge in [0.15, 0.2) is 0 Å². The topological polar surface area (TPSA) is 63.6 Å². The van der Waals surface area contributed by atoms with E-state index in [0.717, 1.165) is 0 Å². The fraction of sp³-hybridized carbons (Fsp3) is 0.250. The molecular weight excluding hydrogens is 217 g/mol. The molecule has 86 valence electrons. The van der Waals surface area contributed by atoms with E-state index in [1.54, 1.807) is 0 Å². The summed E-state index contributed by atoms with van der Waals surface area (Å²) in [5.74, 6) is -3.19. The second kappa shape index (κ2) is 6.63. The number of carboxylic acids is 1. The summed E-state index contributed by atoms with van der Waals surface area (Å²) in [7, 11) is 0. The predicted molar refractivity (Wildman–Crippen MR) is 44.8 cm³/mol. The molecule has 15 heavy (non-hydrogen) atoms. The van der Waals surface area contributed by atoms with E-state index in [2.05, 4.69) is 17.9 Å². The zero-order valence-electron chi connectivity index (χ0n) is 7.80. The van der Waals surface area contributed by atoms with Crippen LogP contribution in [0.3, 0.4) is 0 Å². The second-order valence-electron chi connectivity index (χ2n) is 2.16. The zero-order chi connectivity index (χ0) is 12.6. The Bertz CT molecular complexity index is 256. The molecule has 0 heterocycles. The van der Waals surface area contributed by atoms with Gasteiger partial charge in [-0.2, -0.15) is 13.2 Å². The van der Waals surface area contributed by atoms with Gasteiger partial charge in [0, 0.05) is 5.57 Å². The first-order chi connectivity index (χ1) is 6.62. The van der Waals surface area contributed by atoms with Crippen LogP contribution in [0.4, 0.5) is 13.2 Å². The number of esters is 1. The van der Waals surface area contributed by atoms with Crippen LogP contribution in [-0.2, 0) is 14.3 Å². The minimum absolute atomic E-state index is 0.176. The Kier molecular flexibility index (Phi) is 6.93. The van der Waals surface area contributed by atoms with E-state index < -0.39 is 18.1 Å². The first kappa shape index (κ1) is 15.7. The molecule has 0 spiro atoms. The first-order valence-electron chi connectivity index (χ1n) is 3.40. The van der Waals surface area contributed by atoms with Gasteiger partial charge in [0.05, 0.1) is 6.26 Å². The van der Waals surface area contributed by atoms with Crippen molar-refractivity contribution in [1.82, 2.24) is 0 Å². The van der Waals surface area contributed by atoms with Crippen LogP contribution >= 0.6 is 0 Å². The molecule has 4 nitrogen and oxygen atoms in total. The molecule has 0 radical (unpaired) electrons. The van der Waals surface area contributed by atoms with Crippen LogP contribution in [0.2, 0.25) is 0 Å². The highest BCUT2D eigenvalue weighted by molar-refractivity contribution is 5.84. The van der Waals surface area contributed by atoms with Crippen molar-refractivity contribution in [2.24, 2.45) is 0 Å². The smallest absolute Gasteiger partial charge is 0.478 e. The number of carbonyl (C=O) groups is 2. The van der Waals surface area contributed by atoms with E-state index in [1.165, 1.54) is 6.92 Å². The molecule has 0 aliphatic carbocycles. The van der Waals surface area contributed by atoms with Gasteiger partial charge in [-0.15, -0.1) is 0 Å². The van der Waals surface area contributed by atoms with Crippen molar-refractivity contribution in [1.29, 1.82) is 0 Å². The van der Waals surface area contributed by atoms with E-state index in [0.29, 0.717) is 6.26 Å². The van der Waals surface area contributed by atoms with Gasteiger partial charge < -0.3 is 9.84 Å². The van der Waals surface area contributed by atoms with Crippen molar-refractivity contribution >= 4 is 11.9 Å². The Labute approximate surface area is 83.6 Å². The van der Waals surface area contributed by atoms with Gasteiger partial charge in [-0.05, 0) is 6.92 Å². The number of carboxylic acid groups (broad SMARTS) is 1. The summed E-state index contributed by atoms with van der Waals surface area (Å²) in [4.78, 5) is 19.2. The minimum Gasteiger partial charge on any atom is -0.478 e. The number of hydrogen-bond acceptors (Lipinski definition) is 3. The third kappa shape index (κ3) is 10.1. The first-order valence-corrected chi connectivity index (χ1v) is 3.40. The normalized spacial score (nSPS) is 9.33.